The van der Waals surface area contributed by atoms with Crippen LogP contribution in [0, 0.1) is 0 Å². The van der Waals surface area contributed by atoms with Crippen LogP contribution in [0.2, 0.25) is 0 Å². The first-order valence-electron chi connectivity index (χ1n) is 5.49. The van der Waals surface area contributed by atoms with E-state index in [0.29, 0.717) is 11.3 Å². The Morgan fingerprint density at radius 3 is 2.67 bits per heavy atom. The van der Waals surface area contributed by atoms with Gasteiger partial charge in [0.2, 0.25) is 0 Å². The predicted octanol–water partition coefficient (Wildman–Crippen LogP) is 3.96. The Morgan fingerprint density at radius 2 is 2.06 bits per heavy atom. The van der Waals surface area contributed by atoms with E-state index in [1.807, 2.05) is 12.1 Å². The summed E-state index contributed by atoms with van der Waals surface area (Å²) in [7, 11) is 0. The first kappa shape index (κ1) is 13.6. The van der Waals surface area contributed by atoms with Crippen LogP contribution < -0.4 is 0 Å². The number of allylic oxidation sites excluding steroid dienone is 4. The van der Waals surface area contributed by atoms with E-state index in [4.69, 9.17) is 0 Å². The molecular weight excluding hydrogens is 220 g/mol. The molecule has 0 fully saturated rings. The first-order valence-corrected chi connectivity index (χ1v) is 5.49. The van der Waals surface area contributed by atoms with E-state index in [1.165, 1.54) is 0 Å². The molecular formula is C16H16N2. The van der Waals surface area contributed by atoms with Gasteiger partial charge in [-0.15, -0.1) is 0 Å². The molecule has 18 heavy (non-hydrogen) atoms. The van der Waals surface area contributed by atoms with Gasteiger partial charge in [0.25, 0.3) is 0 Å². The van der Waals surface area contributed by atoms with Crippen LogP contribution in [-0.4, -0.2) is 10.7 Å². The Hall–Kier alpha value is -2.48. The molecule has 0 aromatic carbocycles. The molecule has 1 aromatic rings. The molecule has 0 saturated heterocycles. The van der Waals surface area contributed by atoms with Crippen molar-refractivity contribution in [3.05, 3.63) is 85.9 Å². The summed E-state index contributed by atoms with van der Waals surface area (Å²) < 4.78 is 0. The van der Waals surface area contributed by atoms with E-state index in [1.54, 1.807) is 36.7 Å². The highest BCUT2D eigenvalue weighted by atomic mass is 14.8. The lowest BCUT2D eigenvalue weighted by atomic mass is 10.0. The highest BCUT2D eigenvalue weighted by molar-refractivity contribution is 6.14. The number of hydrogen-bond donors (Lipinski definition) is 0. The first-order chi connectivity index (χ1) is 8.74. The summed E-state index contributed by atoms with van der Waals surface area (Å²) in [5.41, 5.74) is 3.04. The Kier molecular flexibility index (Phi) is 5.26. The Bertz CT molecular complexity index is 534. The van der Waals surface area contributed by atoms with Gasteiger partial charge >= 0.3 is 0 Å². The van der Waals surface area contributed by atoms with E-state index in [9.17, 15) is 0 Å². The van der Waals surface area contributed by atoms with Crippen LogP contribution in [-0.2, 0) is 0 Å². The molecule has 0 amide bonds. The maximum absolute atomic E-state index is 4.35. The third kappa shape index (κ3) is 3.25. The van der Waals surface area contributed by atoms with Crippen LogP contribution in [0.4, 0.5) is 0 Å². The number of rotatable bonds is 6. The second-order valence-electron chi connectivity index (χ2n) is 3.43. The van der Waals surface area contributed by atoms with Crippen molar-refractivity contribution in [2.24, 2.45) is 4.99 Å². The molecule has 90 valence electrons. The molecule has 2 nitrogen and oxygen atoms in total. The molecule has 0 aliphatic rings. The topological polar surface area (TPSA) is 25.2 Å². The van der Waals surface area contributed by atoms with Crippen molar-refractivity contribution in [2.45, 2.75) is 0 Å². The number of hydrogen-bond acceptors (Lipinski definition) is 2. The highest BCUT2D eigenvalue weighted by Crippen LogP contribution is 2.13. The smallest absolute Gasteiger partial charge is 0.0964 e. The molecule has 1 heterocycles. The van der Waals surface area contributed by atoms with Crippen molar-refractivity contribution < 1.29 is 0 Å². The molecule has 0 spiro atoms. The Balaban J connectivity index is 3.34. The molecule has 0 bridgehead atoms. The summed E-state index contributed by atoms with van der Waals surface area (Å²) in [6, 6.07) is 3.78. The van der Waals surface area contributed by atoms with Crippen LogP contribution in [0.1, 0.15) is 11.3 Å². The summed E-state index contributed by atoms with van der Waals surface area (Å²) in [4.78, 5) is 8.67. The summed E-state index contributed by atoms with van der Waals surface area (Å²) in [6.07, 6.45) is 10.2. The van der Waals surface area contributed by atoms with Gasteiger partial charge in [-0.2, -0.15) is 0 Å². The molecule has 0 atom stereocenters. The minimum atomic E-state index is 0.679. The molecule has 0 unspecified atom stereocenters. The average Bonchev–Trinajstić information content (AvgIpc) is 2.43. The Morgan fingerprint density at radius 1 is 1.28 bits per heavy atom. The highest BCUT2D eigenvalue weighted by Gasteiger charge is 2.09. The summed E-state index contributed by atoms with van der Waals surface area (Å²) >= 11 is 0. The van der Waals surface area contributed by atoms with E-state index in [-0.39, 0.29) is 0 Å². The number of pyridine rings is 1. The van der Waals surface area contributed by atoms with Gasteiger partial charge < -0.3 is 0 Å². The maximum atomic E-state index is 4.35. The molecule has 0 saturated carbocycles. The van der Waals surface area contributed by atoms with Crippen molar-refractivity contribution in [1.82, 2.24) is 4.98 Å². The minimum absolute atomic E-state index is 0.679. The van der Waals surface area contributed by atoms with Gasteiger partial charge in [-0.05, 0) is 17.7 Å². The molecule has 0 aliphatic carbocycles. The van der Waals surface area contributed by atoms with Crippen LogP contribution in [0.15, 0.2) is 79.6 Å². The fourth-order valence-electron chi connectivity index (χ4n) is 1.35. The fraction of sp³-hybridized carbons (Fsp3) is 0. The molecule has 1 rings (SSSR count). The van der Waals surface area contributed by atoms with Crippen LogP contribution in [0.5, 0.6) is 0 Å². The monoisotopic (exact) mass is 236 g/mol. The van der Waals surface area contributed by atoms with E-state index in [2.05, 4.69) is 36.3 Å². The van der Waals surface area contributed by atoms with Gasteiger partial charge in [0.05, 0.1) is 11.4 Å². The van der Waals surface area contributed by atoms with E-state index >= 15 is 0 Å². The largest absolute Gasteiger partial charge is 0.254 e. The van der Waals surface area contributed by atoms with Gasteiger partial charge in [-0.25, -0.2) is 0 Å². The predicted molar refractivity (Wildman–Crippen MR) is 79.5 cm³/mol. The van der Waals surface area contributed by atoms with Gasteiger partial charge in [-0.3, -0.25) is 9.98 Å². The lowest BCUT2D eigenvalue weighted by Gasteiger charge is -2.07. The quantitative estimate of drug-likeness (QED) is 0.542. The number of nitrogens with zero attached hydrogens (tertiary/aromatic N) is 2. The molecule has 1 aromatic heterocycles. The third-order valence-electron chi connectivity index (χ3n) is 2.26. The van der Waals surface area contributed by atoms with Crippen molar-refractivity contribution in [1.29, 1.82) is 0 Å². The fourth-order valence-corrected chi connectivity index (χ4v) is 1.35. The number of aromatic nitrogens is 1. The SMILES string of the molecule is C=C/C=C\N=C(C(=C)C=C)c1ncccc1C=C. The van der Waals surface area contributed by atoms with Crippen LogP contribution in [0.25, 0.3) is 6.08 Å². The lowest BCUT2D eigenvalue weighted by molar-refractivity contribution is 1.27. The van der Waals surface area contributed by atoms with Crippen LogP contribution >= 0.6 is 0 Å². The van der Waals surface area contributed by atoms with Crippen molar-refractivity contribution in [2.75, 3.05) is 0 Å². The van der Waals surface area contributed by atoms with Crippen LogP contribution in [0.3, 0.4) is 0 Å². The normalized spacial score (nSPS) is 11.2. The lowest BCUT2D eigenvalue weighted by Crippen LogP contribution is -2.07. The molecule has 0 N–H and O–H groups in total. The van der Waals surface area contributed by atoms with Crippen molar-refractivity contribution >= 4 is 11.8 Å². The van der Waals surface area contributed by atoms with Gasteiger partial charge in [0, 0.05) is 18.0 Å². The molecule has 0 aliphatic heterocycles. The summed E-state index contributed by atoms with van der Waals surface area (Å²) in [5, 5.41) is 0. The zero-order valence-electron chi connectivity index (χ0n) is 10.3. The summed E-state index contributed by atoms with van der Waals surface area (Å²) in [6.45, 7) is 15.0. The second-order valence-corrected chi connectivity index (χ2v) is 3.43. The van der Waals surface area contributed by atoms with Crippen molar-refractivity contribution in [3.63, 3.8) is 0 Å². The van der Waals surface area contributed by atoms with Gasteiger partial charge in [-0.1, -0.05) is 50.6 Å². The Labute approximate surface area is 108 Å². The van der Waals surface area contributed by atoms with Gasteiger partial charge in [0.1, 0.15) is 0 Å². The third-order valence-corrected chi connectivity index (χ3v) is 2.26. The second kappa shape index (κ2) is 6.97. The zero-order valence-corrected chi connectivity index (χ0v) is 10.3. The van der Waals surface area contributed by atoms with E-state index < -0.39 is 0 Å². The molecule has 2 heteroatoms. The number of aliphatic imine (C=N–C) groups is 1. The standard InChI is InChI=1S/C16H16N2/c1-5-8-11-17-15(13(4)6-2)16-14(7-3)10-9-12-18-16/h5-12H,1-4H2/b11-8-,17-15?. The zero-order chi connectivity index (χ0) is 13.4. The van der Waals surface area contributed by atoms with E-state index in [0.717, 1.165) is 11.3 Å². The van der Waals surface area contributed by atoms with Crippen molar-refractivity contribution in [3.8, 4) is 0 Å². The maximum Gasteiger partial charge on any atom is 0.0964 e. The summed E-state index contributed by atoms with van der Waals surface area (Å²) in [5.74, 6) is 0. The minimum Gasteiger partial charge on any atom is -0.254 e. The van der Waals surface area contributed by atoms with Gasteiger partial charge in [0.15, 0.2) is 0 Å². The molecule has 0 radical (unpaired) electrons. The average molecular weight is 236 g/mol.